The van der Waals surface area contributed by atoms with Crippen molar-refractivity contribution in [1.82, 2.24) is 5.32 Å². The third kappa shape index (κ3) is 2.02. The molecule has 0 bridgehead atoms. The molecule has 1 aromatic rings. The molecule has 1 spiro atoms. The summed E-state index contributed by atoms with van der Waals surface area (Å²) in [5, 5.41) is 2.81. The summed E-state index contributed by atoms with van der Waals surface area (Å²) in [5.74, 6) is -0.157. The van der Waals surface area contributed by atoms with Crippen molar-refractivity contribution in [3.05, 3.63) is 24.3 Å². The molecular weight excluding hydrogens is 258 g/mol. The number of benzene rings is 1. The Kier molecular flexibility index (Phi) is 3.10. The van der Waals surface area contributed by atoms with Crippen LogP contribution in [0.3, 0.4) is 0 Å². The Balaban J connectivity index is 1.96. The van der Waals surface area contributed by atoms with Crippen molar-refractivity contribution in [3.8, 4) is 0 Å². The minimum absolute atomic E-state index is 0.157. The number of anilines is 2. The molecule has 6 heteroatoms. The lowest BCUT2D eigenvalue weighted by Gasteiger charge is -2.42. The van der Waals surface area contributed by atoms with Gasteiger partial charge in [-0.15, -0.1) is 0 Å². The molecule has 6 nitrogen and oxygen atoms in total. The van der Waals surface area contributed by atoms with Gasteiger partial charge in [0.05, 0.1) is 11.1 Å². The predicted molar refractivity (Wildman–Crippen MR) is 74.2 cm³/mol. The first-order chi connectivity index (χ1) is 9.62. The SMILES string of the molecule is Nc1cccc(N2C(=O)NCC3(CCOCC3)C2=O)c1. The highest BCUT2D eigenvalue weighted by Gasteiger charge is 2.48. The first-order valence-corrected chi connectivity index (χ1v) is 6.68. The van der Waals surface area contributed by atoms with Gasteiger partial charge in [-0.2, -0.15) is 0 Å². The first kappa shape index (κ1) is 12.9. The molecule has 106 valence electrons. The van der Waals surface area contributed by atoms with Crippen molar-refractivity contribution in [2.24, 2.45) is 5.41 Å². The third-order valence-electron chi connectivity index (χ3n) is 4.02. The van der Waals surface area contributed by atoms with Gasteiger partial charge in [-0.1, -0.05) is 6.07 Å². The summed E-state index contributed by atoms with van der Waals surface area (Å²) in [4.78, 5) is 26.1. The van der Waals surface area contributed by atoms with Crippen LogP contribution in [0, 0.1) is 5.41 Å². The molecule has 1 aromatic carbocycles. The van der Waals surface area contributed by atoms with E-state index in [0.29, 0.717) is 44.0 Å². The van der Waals surface area contributed by atoms with E-state index in [2.05, 4.69) is 5.32 Å². The number of carbonyl (C=O) groups is 2. The van der Waals surface area contributed by atoms with Crippen LogP contribution in [0.15, 0.2) is 24.3 Å². The van der Waals surface area contributed by atoms with Crippen LogP contribution in [0.5, 0.6) is 0 Å². The van der Waals surface area contributed by atoms with Crippen molar-refractivity contribution in [1.29, 1.82) is 0 Å². The average Bonchev–Trinajstić information content (AvgIpc) is 2.45. The summed E-state index contributed by atoms with van der Waals surface area (Å²) in [7, 11) is 0. The maximum atomic E-state index is 12.8. The molecule has 2 heterocycles. The Morgan fingerprint density at radius 3 is 2.70 bits per heavy atom. The summed E-state index contributed by atoms with van der Waals surface area (Å²) in [5.41, 5.74) is 6.23. The smallest absolute Gasteiger partial charge is 0.328 e. The predicted octanol–water partition coefficient (Wildman–Crippen LogP) is 1.12. The number of nitrogens with zero attached hydrogens (tertiary/aromatic N) is 1. The zero-order valence-electron chi connectivity index (χ0n) is 11.1. The van der Waals surface area contributed by atoms with Gasteiger partial charge in [-0.3, -0.25) is 4.79 Å². The maximum Gasteiger partial charge on any atom is 0.328 e. The monoisotopic (exact) mass is 275 g/mol. The number of ether oxygens (including phenoxy) is 1. The molecule has 0 radical (unpaired) electrons. The number of amides is 3. The first-order valence-electron chi connectivity index (χ1n) is 6.68. The topological polar surface area (TPSA) is 84.7 Å². The number of hydrogen-bond acceptors (Lipinski definition) is 4. The molecular formula is C14H17N3O3. The van der Waals surface area contributed by atoms with Gasteiger partial charge in [0, 0.05) is 25.4 Å². The molecule has 20 heavy (non-hydrogen) atoms. The molecule has 2 aliphatic rings. The lowest BCUT2D eigenvalue weighted by Crippen LogP contribution is -2.62. The second kappa shape index (κ2) is 4.79. The summed E-state index contributed by atoms with van der Waals surface area (Å²) in [6.45, 7) is 1.48. The Bertz CT molecular complexity index is 552. The fourth-order valence-corrected chi connectivity index (χ4v) is 2.78. The van der Waals surface area contributed by atoms with Crippen molar-refractivity contribution in [2.75, 3.05) is 30.4 Å². The van der Waals surface area contributed by atoms with Crippen molar-refractivity contribution >= 4 is 23.3 Å². The van der Waals surface area contributed by atoms with Crippen LogP contribution in [0.1, 0.15) is 12.8 Å². The van der Waals surface area contributed by atoms with Crippen molar-refractivity contribution in [3.63, 3.8) is 0 Å². The molecule has 3 amide bonds. The largest absolute Gasteiger partial charge is 0.399 e. The summed E-state index contributed by atoms with van der Waals surface area (Å²) in [6.07, 6.45) is 1.26. The van der Waals surface area contributed by atoms with Crippen LogP contribution in [0.4, 0.5) is 16.2 Å². The molecule has 0 atom stereocenters. The van der Waals surface area contributed by atoms with Gasteiger partial charge >= 0.3 is 6.03 Å². The summed E-state index contributed by atoms with van der Waals surface area (Å²) in [6, 6.07) is 6.41. The molecule has 3 N–H and O–H groups in total. The number of nitrogen functional groups attached to an aromatic ring is 1. The number of rotatable bonds is 1. The standard InChI is InChI=1S/C14H17N3O3/c15-10-2-1-3-11(8-10)17-12(18)14(9-16-13(17)19)4-6-20-7-5-14/h1-3,8H,4-7,9,15H2,(H,16,19). The minimum atomic E-state index is -0.545. The van der Waals surface area contributed by atoms with E-state index in [1.165, 1.54) is 4.90 Å². The molecule has 2 fully saturated rings. The fourth-order valence-electron chi connectivity index (χ4n) is 2.78. The van der Waals surface area contributed by atoms with Crippen LogP contribution in [0.2, 0.25) is 0 Å². The quantitative estimate of drug-likeness (QED) is 0.752. The zero-order chi connectivity index (χ0) is 14.2. The normalized spacial score (nSPS) is 21.9. The number of carbonyl (C=O) groups excluding carboxylic acids is 2. The minimum Gasteiger partial charge on any atom is -0.399 e. The van der Waals surface area contributed by atoms with Gasteiger partial charge in [0.15, 0.2) is 0 Å². The maximum absolute atomic E-state index is 12.8. The van der Waals surface area contributed by atoms with Gasteiger partial charge in [0.25, 0.3) is 0 Å². The Labute approximate surface area is 116 Å². The molecule has 2 aliphatic heterocycles. The zero-order valence-corrected chi connectivity index (χ0v) is 11.1. The average molecular weight is 275 g/mol. The summed E-state index contributed by atoms with van der Waals surface area (Å²) >= 11 is 0. The van der Waals surface area contributed by atoms with Gasteiger partial charge < -0.3 is 15.8 Å². The Hall–Kier alpha value is -2.08. The second-order valence-corrected chi connectivity index (χ2v) is 5.29. The van der Waals surface area contributed by atoms with Crippen LogP contribution < -0.4 is 16.0 Å². The third-order valence-corrected chi connectivity index (χ3v) is 4.02. The fraction of sp³-hybridized carbons (Fsp3) is 0.429. The van der Waals surface area contributed by atoms with E-state index in [1.807, 2.05) is 0 Å². The molecule has 0 unspecified atom stereocenters. The van der Waals surface area contributed by atoms with E-state index in [4.69, 9.17) is 10.5 Å². The van der Waals surface area contributed by atoms with Gasteiger partial charge in [0.2, 0.25) is 5.91 Å². The number of imide groups is 1. The summed E-state index contributed by atoms with van der Waals surface area (Å²) < 4.78 is 5.33. The van der Waals surface area contributed by atoms with E-state index in [0.717, 1.165) is 0 Å². The molecule has 0 saturated carbocycles. The van der Waals surface area contributed by atoms with Crippen LogP contribution in [0.25, 0.3) is 0 Å². The van der Waals surface area contributed by atoms with Crippen molar-refractivity contribution < 1.29 is 14.3 Å². The Morgan fingerprint density at radius 1 is 1.25 bits per heavy atom. The van der Waals surface area contributed by atoms with E-state index in [9.17, 15) is 9.59 Å². The van der Waals surface area contributed by atoms with E-state index in [-0.39, 0.29) is 5.91 Å². The van der Waals surface area contributed by atoms with E-state index >= 15 is 0 Å². The van der Waals surface area contributed by atoms with E-state index < -0.39 is 11.4 Å². The van der Waals surface area contributed by atoms with Crippen LogP contribution in [-0.2, 0) is 9.53 Å². The second-order valence-electron chi connectivity index (χ2n) is 5.29. The molecule has 0 aromatic heterocycles. The van der Waals surface area contributed by atoms with Gasteiger partial charge in [-0.25, -0.2) is 9.69 Å². The van der Waals surface area contributed by atoms with Crippen LogP contribution in [-0.4, -0.2) is 31.7 Å². The number of nitrogens with two attached hydrogens (primary N) is 1. The highest BCUT2D eigenvalue weighted by molar-refractivity contribution is 6.18. The molecule has 0 aliphatic carbocycles. The number of hydrogen-bond donors (Lipinski definition) is 2. The highest BCUT2D eigenvalue weighted by Crippen LogP contribution is 2.36. The highest BCUT2D eigenvalue weighted by atomic mass is 16.5. The van der Waals surface area contributed by atoms with Crippen molar-refractivity contribution in [2.45, 2.75) is 12.8 Å². The Morgan fingerprint density at radius 2 is 2.00 bits per heavy atom. The molecule has 3 rings (SSSR count). The van der Waals surface area contributed by atoms with Gasteiger partial charge in [0.1, 0.15) is 0 Å². The number of nitrogens with one attached hydrogen (secondary N) is 1. The lowest BCUT2D eigenvalue weighted by atomic mass is 9.77. The lowest BCUT2D eigenvalue weighted by molar-refractivity contribution is -0.133. The van der Waals surface area contributed by atoms with Gasteiger partial charge in [-0.05, 0) is 31.0 Å². The van der Waals surface area contributed by atoms with Crippen LogP contribution >= 0.6 is 0 Å². The molecule has 2 saturated heterocycles. The number of urea groups is 1. The van der Waals surface area contributed by atoms with E-state index in [1.54, 1.807) is 24.3 Å².